The number of hydrogen-bond donors (Lipinski definition) is 2. The van der Waals surface area contributed by atoms with E-state index in [-0.39, 0.29) is 12.3 Å². The van der Waals surface area contributed by atoms with E-state index in [1.165, 1.54) is 0 Å². The van der Waals surface area contributed by atoms with E-state index < -0.39 is 11.2 Å². The quantitative estimate of drug-likeness (QED) is 0.661. The van der Waals surface area contributed by atoms with Crippen molar-refractivity contribution >= 4 is 46.0 Å². The van der Waals surface area contributed by atoms with Gasteiger partial charge in [-0.3, -0.25) is 9.59 Å². The zero-order chi connectivity index (χ0) is 15.5. The lowest BCUT2D eigenvalue weighted by atomic mass is 10.1. The van der Waals surface area contributed by atoms with Crippen LogP contribution in [0.1, 0.15) is 12.0 Å². The van der Waals surface area contributed by atoms with E-state index in [2.05, 4.69) is 15.5 Å². The Morgan fingerprint density at radius 3 is 3.14 bits per heavy atom. The van der Waals surface area contributed by atoms with Crippen LogP contribution in [-0.4, -0.2) is 33.6 Å². The van der Waals surface area contributed by atoms with Crippen LogP contribution < -0.4 is 5.32 Å². The molecule has 0 saturated carbocycles. The molecule has 112 valence electrons. The topological polar surface area (TPSA) is 104 Å². The average Bonchev–Trinajstić information content (AvgIpc) is 3.06. The first-order valence-electron chi connectivity index (χ1n) is 6.40. The van der Waals surface area contributed by atoms with Crippen LogP contribution >= 0.6 is 11.8 Å². The maximum absolute atomic E-state index is 11.6. The molecular formula is C14H11N3O4S. The molecule has 22 heavy (non-hydrogen) atoms. The lowest BCUT2D eigenvalue weighted by molar-refractivity contribution is -0.138. The molecule has 1 saturated heterocycles. The van der Waals surface area contributed by atoms with Crippen LogP contribution in [0.4, 0.5) is 0 Å². The Kier molecular flexibility index (Phi) is 3.92. The third kappa shape index (κ3) is 3.01. The number of amidine groups is 1. The lowest BCUT2D eigenvalue weighted by Gasteiger charge is -1.97. The van der Waals surface area contributed by atoms with Gasteiger partial charge in [-0.05, 0) is 12.1 Å². The molecule has 0 spiro atoms. The largest absolute Gasteiger partial charge is 0.481 e. The molecule has 2 heterocycles. The molecule has 0 bridgehead atoms. The van der Waals surface area contributed by atoms with Gasteiger partial charge in [-0.25, -0.2) is 0 Å². The van der Waals surface area contributed by atoms with Crippen molar-refractivity contribution in [2.24, 2.45) is 10.2 Å². The maximum Gasteiger partial charge on any atom is 0.305 e. The number of amides is 1. The van der Waals surface area contributed by atoms with Gasteiger partial charge in [-0.2, -0.15) is 5.10 Å². The Hall–Kier alpha value is -2.61. The van der Waals surface area contributed by atoms with Gasteiger partial charge in [0.1, 0.15) is 10.8 Å². The Bertz CT molecular complexity index is 796. The minimum Gasteiger partial charge on any atom is -0.481 e. The number of nitrogens with zero attached hydrogens (tertiary/aromatic N) is 2. The molecule has 1 aliphatic heterocycles. The van der Waals surface area contributed by atoms with E-state index in [9.17, 15) is 9.59 Å². The number of rotatable bonds is 4. The summed E-state index contributed by atoms with van der Waals surface area (Å²) in [7, 11) is 0. The summed E-state index contributed by atoms with van der Waals surface area (Å²) >= 11 is 1.06. The van der Waals surface area contributed by atoms with Crippen LogP contribution in [0.5, 0.6) is 0 Å². The number of carboxylic acid groups (broad SMARTS) is 1. The first kappa shape index (κ1) is 14.3. The van der Waals surface area contributed by atoms with Gasteiger partial charge in [0, 0.05) is 10.9 Å². The third-order valence-electron chi connectivity index (χ3n) is 3.01. The van der Waals surface area contributed by atoms with E-state index in [0.29, 0.717) is 5.17 Å². The number of benzene rings is 1. The molecular weight excluding hydrogens is 306 g/mol. The summed E-state index contributed by atoms with van der Waals surface area (Å²) in [5, 5.41) is 19.6. The number of fused-ring (bicyclic) bond motifs is 1. The zero-order valence-corrected chi connectivity index (χ0v) is 12.0. The number of carbonyl (C=O) groups excluding carboxylic acids is 1. The third-order valence-corrected chi connectivity index (χ3v) is 4.08. The van der Waals surface area contributed by atoms with E-state index in [4.69, 9.17) is 9.52 Å². The summed E-state index contributed by atoms with van der Waals surface area (Å²) in [5.74, 6) is -1.39. The van der Waals surface area contributed by atoms with E-state index >= 15 is 0 Å². The van der Waals surface area contributed by atoms with Crippen molar-refractivity contribution in [1.82, 2.24) is 5.32 Å². The monoisotopic (exact) mass is 317 g/mol. The zero-order valence-electron chi connectivity index (χ0n) is 11.2. The Morgan fingerprint density at radius 1 is 1.45 bits per heavy atom. The molecule has 1 fully saturated rings. The first-order chi connectivity index (χ1) is 10.6. The van der Waals surface area contributed by atoms with Crippen molar-refractivity contribution in [1.29, 1.82) is 0 Å². The molecule has 8 heteroatoms. The highest BCUT2D eigenvalue weighted by atomic mass is 32.2. The molecule has 1 aromatic heterocycles. The van der Waals surface area contributed by atoms with Gasteiger partial charge in [0.25, 0.3) is 0 Å². The number of carbonyl (C=O) groups is 2. The molecule has 3 rings (SSSR count). The second kappa shape index (κ2) is 6.02. The first-order valence-corrected chi connectivity index (χ1v) is 7.28. The summed E-state index contributed by atoms with van der Waals surface area (Å²) < 4.78 is 5.29. The molecule has 0 aliphatic carbocycles. The van der Waals surface area contributed by atoms with Crippen LogP contribution in [0.25, 0.3) is 11.0 Å². The van der Waals surface area contributed by atoms with Crippen molar-refractivity contribution in [3.05, 3.63) is 36.1 Å². The summed E-state index contributed by atoms with van der Waals surface area (Å²) in [6.07, 6.45) is 2.91. The molecule has 1 amide bonds. The van der Waals surface area contributed by atoms with Crippen LogP contribution in [-0.2, 0) is 9.59 Å². The van der Waals surface area contributed by atoms with E-state index in [1.807, 2.05) is 24.3 Å². The van der Waals surface area contributed by atoms with Crippen molar-refractivity contribution in [2.75, 3.05) is 0 Å². The number of thioether (sulfide) groups is 1. The van der Waals surface area contributed by atoms with Crippen molar-refractivity contribution in [2.45, 2.75) is 11.7 Å². The number of furan rings is 1. The molecule has 1 aliphatic rings. The van der Waals surface area contributed by atoms with Gasteiger partial charge in [-0.15, -0.1) is 5.10 Å². The lowest BCUT2D eigenvalue weighted by Crippen LogP contribution is -2.26. The second-order valence-electron chi connectivity index (χ2n) is 4.52. The van der Waals surface area contributed by atoms with Gasteiger partial charge in [0.2, 0.25) is 5.91 Å². The highest BCUT2D eigenvalue weighted by Gasteiger charge is 2.32. The molecule has 0 radical (unpaired) electrons. The Balaban J connectivity index is 1.73. The van der Waals surface area contributed by atoms with Crippen molar-refractivity contribution < 1.29 is 19.1 Å². The fourth-order valence-corrected chi connectivity index (χ4v) is 2.93. The number of carboxylic acids is 1. The fourth-order valence-electron chi connectivity index (χ4n) is 2.02. The highest BCUT2D eigenvalue weighted by molar-refractivity contribution is 8.15. The molecule has 2 aromatic rings. The Morgan fingerprint density at radius 2 is 2.32 bits per heavy atom. The van der Waals surface area contributed by atoms with Crippen molar-refractivity contribution in [3.8, 4) is 0 Å². The Labute approximate surface area is 129 Å². The van der Waals surface area contributed by atoms with Crippen LogP contribution in [0.2, 0.25) is 0 Å². The summed E-state index contributed by atoms with van der Waals surface area (Å²) in [5.41, 5.74) is 1.59. The SMILES string of the molecule is O=C(O)CC1SC(=NN=Cc2cccc3occc23)NC1=O. The van der Waals surface area contributed by atoms with Crippen LogP contribution in [0.15, 0.2) is 45.1 Å². The summed E-state index contributed by atoms with van der Waals surface area (Å²) in [6, 6.07) is 7.39. The van der Waals surface area contributed by atoms with Crippen LogP contribution in [0, 0.1) is 0 Å². The predicted molar refractivity (Wildman–Crippen MR) is 83.0 cm³/mol. The second-order valence-corrected chi connectivity index (χ2v) is 5.71. The normalized spacial score (nSPS) is 20.1. The van der Waals surface area contributed by atoms with Gasteiger partial charge >= 0.3 is 5.97 Å². The number of hydrogen-bond acceptors (Lipinski definition) is 6. The van der Waals surface area contributed by atoms with Gasteiger partial charge in [0.05, 0.1) is 18.9 Å². The molecule has 1 unspecified atom stereocenters. The minimum absolute atomic E-state index is 0.242. The number of nitrogens with one attached hydrogen (secondary N) is 1. The fraction of sp³-hybridized carbons (Fsp3) is 0.143. The van der Waals surface area contributed by atoms with E-state index in [0.717, 1.165) is 28.3 Å². The molecule has 1 atom stereocenters. The van der Waals surface area contributed by atoms with Crippen LogP contribution in [0.3, 0.4) is 0 Å². The van der Waals surface area contributed by atoms with E-state index in [1.54, 1.807) is 12.5 Å². The summed E-state index contributed by atoms with van der Waals surface area (Å²) in [6.45, 7) is 0. The molecule has 7 nitrogen and oxygen atoms in total. The maximum atomic E-state index is 11.6. The average molecular weight is 317 g/mol. The highest BCUT2D eigenvalue weighted by Crippen LogP contribution is 2.22. The summed E-state index contributed by atoms with van der Waals surface area (Å²) in [4.78, 5) is 22.2. The minimum atomic E-state index is -1.02. The van der Waals surface area contributed by atoms with Gasteiger partial charge < -0.3 is 14.8 Å². The predicted octanol–water partition coefficient (Wildman–Crippen LogP) is 1.83. The smallest absolute Gasteiger partial charge is 0.305 e. The number of aliphatic carboxylic acids is 1. The molecule has 2 N–H and O–H groups in total. The standard InChI is InChI=1S/C14H11N3O4S/c18-12(19)6-11-13(20)16-14(22-11)17-15-7-8-2-1-3-10-9(8)4-5-21-10/h1-5,7,11H,6H2,(H,18,19)(H,16,17,20). The van der Waals surface area contributed by atoms with Crippen molar-refractivity contribution in [3.63, 3.8) is 0 Å². The van der Waals surface area contributed by atoms with Gasteiger partial charge in [0.15, 0.2) is 5.17 Å². The molecule has 1 aromatic carbocycles. The van der Waals surface area contributed by atoms with Gasteiger partial charge in [-0.1, -0.05) is 23.9 Å².